The molecule has 0 fully saturated rings. The first kappa shape index (κ1) is 16.5. The maximum Gasteiger partial charge on any atom is 0.238 e. The molecule has 2 rings (SSSR count). The van der Waals surface area contributed by atoms with Crippen molar-refractivity contribution in [1.29, 1.82) is 0 Å². The SMILES string of the molecule is Cc1cnc(CN(C)C(C)c2cccc(S(N)(=O)=O)c2)cn1. The highest BCUT2D eigenvalue weighted by molar-refractivity contribution is 7.89. The zero-order valence-corrected chi connectivity index (χ0v) is 13.7. The quantitative estimate of drug-likeness (QED) is 0.904. The van der Waals surface area contributed by atoms with Gasteiger partial charge in [-0.05, 0) is 38.6 Å². The number of hydrogen-bond acceptors (Lipinski definition) is 5. The van der Waals surface area contributed by atoms with Crippen molar-refractivity contribution in [3.63, 3.8) is 0 Å². The van der Waals surface area contributed by atoms with E-state index in [9.17, 15) is 8.42 Å². The van der Waals surface area contributed by atoms with Crippen molar-refractivity contribution in [1.82, 2.24) is 14.9 Å². The zero-order valence-electron chi connectivity index (χ0n) is 12.9. The fourth-order valence-corrected chi connectivity index (χ4v) is 2.67. The molecule has 0 saturated carbocycles. The van der Waals surface area contributed by atoms with Crippen LogP contribution < -0.4 is 5.14 Å². The standard InChI is InChI=1S/C15H20N4O2S/c1-11-8-18-14(9-17-11)10-19(3)12(2)13-5-4-6-15(7-13)22(16,20)21/h4-9,12H,10H2,1-3H3,(H2,16,20,21). The third kappa shape index (κ3) is 4.09. The smallest absolute Gasteiger partial charge is 0.238 e. The van der Waals surface area contributed by atoms with E-state index in [4.69, 9.17) is 5.14 Å². The van der Waals surface area contributed by atoms with Crippen molar-refractivity contribution in [3.8, 4) is 0 Å². The van der Waals surface area contributed by atoms with Gasteiger partial charge in [-0.2, -0.15) is 0 Å². The maximum atomic E-state index is 11.4. The molecule has 0 bridgehead atoms. The highest BCUT2D eigenvalue weighted by atomic mass is 32.2. The van der Waals surface area contributed by atoms with E-state index in [-0.39, 0.29) is 10.9 Å². The molecule has 2 N–H and O–H groups in total. The number of sulfonamides is 1. The van der Waals surface area contributed by atoms with Gasteiger partial charge in [0.2, 0.25) is 10.0 Å². The monoisotopic (exact) mass is 320 g/mol. The molecule has 0 amide bonds. The fourth-order valence-electron chi connectivity index (χ4n) is 2.10. The van der Waals surface area contributed by atoms with E-state index in [1.165, 1.54) is 6.07 Å². The van der Waals surface area contributed by atoms with Crippen LogP contribution in [0.5, 0.6) is 0 Å². The van der Waals surface area contributed by atoms with E-state index >= 15 is 0 Å². The molecule has 1 unspecified atom stereocenters. The Labute approximate surface area is 131 Å². The molecule has 0 saturated heterocycles. The summed E-state index contributed by atoms with van der Waals surface area (Å²) in [4.78, 5) is 10.8. The van der Waals surface area contributed by atoms with Gasteiger partial charge in [0.1, 0.15) is 0 Å². The Morgan fingerprint density at radius 1 is 1.27 bits per heavy atom. The van der Waals surface area contributed by atoms with Crippen LogP contribution in [-0.4, -0.2) is 30.3 Å². The highest BCUT2D eigenvalue weighted by Crippen LogP contribution is 2.22. The van der Waals surface area contributed by atoms with Crippen LogP contribution in [0.2, 0.25) is 0 Å². The van der Waals surface area contributed by atoms with Crippen molar-refractivity contribution in [3.05, 3.63) is 53.6 Å². The van der Waals surface area contributed by atoms with Gasteiger partial charge >= 0.3 is 0 Å². The number of primary sulfonamides is 1. The van der Waals surface area contributed by atoms with Crippen molar-refractivity contribution in [2.24, 2.45) is 5.14 Å². The van der Waals surface area contributed by atoms with Crippen molar-refractivity contribution < 1.29 is 8.42 Å². The van der Waals surface area contributed by atoms with Crippen molar-refractivity contribution >= 4 is 10.0 Å². The summed E-state index contributed by atoms with van der Waals surface area (Å²) in [6.07, 6.45) is 3.48. The summed E-state index contributed by atoms with van der Waals surface area (Å²) in [6.45, 7) is 4.51. The van der Waals surface area contributed by atoms with Gasteiger partial charge in [-0.15, -0.1) is 0 Å². The molecule has 1 aromatic carbocycles. The Morgan fingerprint density at radius 3 is 2.59 bits per heavy atom. The minimum atomic E-state index is -3.69. The second-order valence-corrected chi connectivity index (χ2v) is 6.92. The maximum absolute atomic E-state index is 11.4. The second kappa shape index (κ2) is 6.51. The second-order valence-electron chi connectivity index (χ2n) is 5.36. The molecule has 1 aromatic heterocycles. The van der Waals surface area contributed by atoms with E-state index in [1.54, 1.807) is 24.5 Å². The van der Waals surface area contributed by atoms with Crippen LogP contribution in [0.4, 0.5) is 0 Å². The van der Waals surface area contributed by atoms with Crippen LogP contribution >= 0.6 is 0 Å². The fraction of sp³-hybridized carbons (Fsp3) is 0.333. The van der Waals surface area contributed by atoms with Gasteiger partial charge in [-0.1, -0.05) is 12.1 Å². The highest BCUT2D eigenvalue weighted by Gasteiger charge is 2.15. The zero-order chi connectivity index (χ0) is 16.3. The number of nitrogens with two attached hydrogens (primary N) is 1. The van der Waals surface area contributed by atoms with Gasteiger partial charge in [0, 0.05) is 25.0 Å². The van der Waals surface area contributed by atoms with Crippen LogP contribution in [0.3, 0.4) is 0 Å². The summed E-state index contributed by atoms with van der Waals surface area (Å²) in [5.74, 6) is 0. The van der Waals surface area contributed by atoms with E-state index in [2.05, 4.69) is 14.9 Å². The Morgan fingerprint density at radius 2 is 2.00 bits per heavy atom. The summed E-state index contributed by atoms with van der Waals surface area (Å²) in [5, 5.41) is 5.18. The van der Waals surface area contributed by atoms with Crippen LogP contribution in [0.25, 0.3) is 0 Å². The lowest BCUT2D eigenvalue weighted by Gasteiger charge is -2.25. The number of aryl methyl sites for hydroxylation is 1. The molecule has 22 heavy (non-hydrogen) atoms. The molecule has 0 radical (unpaired) electrons. The number of hydrogen-bond donors (Lipinski definition) is 1. The molecule has 7 heteroatoms. The van der Waals surface area contributed by atoms with Gasteiger partial charge in [0.05, 0.1) is 16.3 Å². The topological polar surface area (TPSA) is 89.2 Å². The van der Waals surface area contributed by atoms with E-state index in [0.717, 1.165) is 17.0 Å². The molecule has 0 aliphatic heterocycles. The molecule has 6 nitrogen and oxygen atoms in total. The van der Waals surface area contributed by atoms with Crippen molar-refractivity contribution in [2.75, 3.05) is 7.05 Å². The lowest BCUT2D eigenvalue weighted by molar-refractivity contribution is 0.249. The van der Waals surface area contributed by atoms with Crippen LogP contribution in [0.1, 0.15) is 29.9 Å². The molecular weight excluding hydrogens is 300 g/mol. The minimum Gasteiger partial charge on any atom is -0.294 e. The third-order valence-corrected chi connectivity index (χ3v) is 4.49. The average Bonchev–Trinajstić information content (AvgIpc) is 2.48. The summed E-state index contributed by atoms with van der Waals surface area (Å²) in [7, 11) is -1.73. The van der Waals surface area contributed by atoms with Gasteiger partial charge < -0.3 is 0 Å². The average molecular weight is 320 g/mol. The number of benzene rings is 1. The Hall–Kier alpha value is -1.83. The predicted octanol–water partition coefficient (Wildman–Crippen LogP) is 1.63. The summed E-state index contributed by atoms with van der Waals surface area (Å²) >= 11 is 0. The van der Waals surface area contributed by atoms with Crippen molar-refractivity contribution in [2.45, 2.75) is 31.3 Å². The van der Waals surface area contributed by atoms with Crippen LogP contribution in [0.15, 0.2) is 41.6 Å². The van der Waals surface area contributed by atoms with E-state index in [0.29, 0.717) is 6.54 Å². The Bertz CT molecular complexity index is 744. The summed E-state index contributed by atoms with van der Waals surface area (Å²) < 4.78 is 22.9. The van der Waals surface area contributed by atoms with Gasteiger partial charge in [-0.25, -0.2) is 13.6 Å². The molecule has 2 aromatic rings. The number of rotatable bonds is 5. The third-order valence-electron chi connectivity index (χ3n) is 3.58. The van der Waals surface area contributed by atoms with Gasteiger partial charge in [-0.3, -0.25) is 14.9 Å². The van der Waals surface area contributed by atoms with Gasteiger partial charge in [0.15, 0.2) is 0 Å². The van der Waals surface area contributed by atoms with Gasteiger partial charge in [0.25, 0.3) is 0 Å². The summed E-state index contributed by atoms with van der Waals surface area (Å²) in [6, 6.07) is 6.71. The molecule has 0 aliphatic carbocycles. The lowest BCUT2D eigenvalue weighted by Crippen LogP contribution is -2.23. The minimum absolute atomic E-state index is 0.0183. The summed E-state index contributed by atoms with van der Waals surface area (Å²) in [5.41, 5.74) is 2.62. The normalized spacial score (nSPS) is 13.3. The van der Waals surface area contributed by atoms with E-state index in [1.807, 2.05) is 27.0 Å². The Balaban J connectivity index is 2.16. The molecule has 0 spiro atoms. The predicted molar refractivity (Wildman–Crippen MR) is 84.5 cm³/mol. The first-order valence-corrected chi connectivity index (χ1v) is 8.42. The first-order valence-electron chi connectivity index (χ1n) is 6.88. The largest absolute Gasteiger partial charge is 0.294 e. The van der Waals surface area contributed by atoms with Crippen LogP contribution in [-0.2, 0) is 16.6 Å². The molecule has 0 aliphatic rings. The number of aromatic nitrogens is 2. The first-order chi connectivity index (χ1) is 10.3. The van der Waals surface area contributed by atoms with E-state index < -0.39 is 10.0 Å². The number of nitrogens with zero attached hydrogens (tertiary/aromatic N) is 3. The molecule has 1 heterocycles. The lowest BCUT2D eigenvalue weighted by atomic mass is 10.1. The molecule has 118 valence electrons. The molecule has 1 atom stereocenters. The molecular formula is C15H20N4O2S. The van der Waals surface area contributed by atoms with Crippen LogP contribution in [0, 0.1) is 6.92 Å². The Kier molecular flexibility index (Phi) is 4.90.